The van der Waals surface area contributed by atoms with Crippen molar-refractivity contribution in [1.82, 2.24) is 15.5 Å². The van der Waals surface area contributed by atoms with Crippen LogP contribution in [0.4, 0.5) is 5.13 Å². The number of rotatable bonds is 3. The van der Waals surface area contributed by atoms with Crippen LogP contribution in [0.2, 0.25) is 0 Å². The molecule has 0 unspecified atom stereocenters. The van der Waals surface area contributed by atoms with Crippen molar-refractivity contribution in [3.63, 3.8) is 0 Å². The number of nitrogens with zero attached hydrogens (tertiary/aromatic N) is 2. The van der Waals surface area contributed by atoms with E-state index in [1.54, 1.807) is 7.05 Å². The Bertz CT molecular complexity index is 479. The maximum absolute atomic E-state index is 12.2. The molecule has 2 N–H and O–H groups in total. The molecule has 0 aromatic carbocycles. The molecule has 0 spiro atoms. The molecule has 112 valence electrons. The molecule has 1 aliphatic rings. The fourth-order valence-corrected chi connectivity index (χ4v) is 4.21. The lowest BCUT2D eigenvalue weighted by molar-refractivity contribution is 0.0713. The van der Waals surface area contributed by atoms with E-state index in [4.69, 9.17) is 0 Å². The van der Waals surface area contributed by atoms with Crippen LogP contribution in [0.25, 0.3) is 0 Å². The van der Waals surface area contributed by atoms with Gasteiger partial charge in [-0.15, -0.1) is 10.2 Å². The Morgan fingerprint density at radius 1 is 1.20 bits per heavy atom. The van der Waals surface area contributed by atoms with Gasteiger partial charge in [-0.25, -0.2) is 0 Å². The highest BCUT2D eigenvalue weighted by Gasteiger charge is 2.39. The molecular weight excluding hydrogens is 272 g/mol. The Kier molecular flexibility index (Phi) is 4.04. The molecule has 0 radical (unpaired) electrons. The van der Waals surface area contributed by atoms with Crippen molar-refractivity contribution in [1.29, 1.82) is 0 Å². The van der Waals surface area contributed by atoms with Gasteiger partial charge in [0.1, 0.15) is 0 Å². The predicted molar refractivity (Wildman–Crippen MR) is 82.1 cm³/mol. The van der Waals surface area contributed by atoms with Gasteiger partial charge in [0.15, 0.2) is 0 Å². The summed E-state index contributed by atoms with van der Waals surface area (Å²) in [6, 6.07) is 0.211. The molecule has 1 fully saturated rings. The third kappa shape index (κ3) is 3.69. The lowest BCUT2D eigenvalue weighted by atomic mass is 9.63. The number of hydrogen-bond donors (Lipinski definition) is 2. The van der Waals surface area contributed by atoms with Crippen molar-refractivity contribution in [2.45, 2.75) is 53.0 Å². The zero-order valence-corrected chi connectivity index (χ0v) is 13.7. The number of amides is 1. The van der Waals surface area contributed by atoms with Crippen molar-refractivity contribution >= 4 is 22.4 Å². The van der Waals surface area contributed by atoms with Gasteiger partial charge in [0, 0.05) is 13.1 Å². The number of anilines is 1. The van der Waals surface area contributed by atoms with Gasteiger partial charge in [0.05, 0.1) is 0 Å². The molecule has 1 aromatic heterocycles. The van der Waals surface area contributed by atoms with Gasteiger partial charge >= 0.3 is 0 Å². The topological polar surface area (TPSA) is 66.9 Å². The summed E-state index contributed by atoms with van der Waals surface area (Å²) in [6.45, 7) is 9.10. The van der Waals surface area contributed by atoms with E-state index in [1.165, 1.54) is 17.8 Å². The molecule has 1 saturated carbocycles. The third-order valence-corrected chi connectivity index (χ3v) is 4.66. The largest absolute Gasteiger partial charge is 0.363 e. The second-order valence-electron chi connectivity index (χ2n) is 7.25. The van der Waals surface area contributed by atoms with E-state index in [0.717, 1.165) is 12.8 Å². The van der Waals surface area contributed by atoms with E-state index >= 15 is 0 Å². The van der Waals surface area contributed by atoms with Crippen molar-refractivity contribution in [3.05, 3.63) is 5.01 Å². The summed E-state index contributed by atoms with van der Waals surface area (Å²) in [5.41, 5.74) is 0.522. The fraction of sp³-hybridized carbons (Fsp3) is 0.786. The average molecular weight is 296 g/mol. The molecule has 1 amide bonds. The average Bonchev–Trinajstić information content (AvgIpc) is 2.72. The van der Waals surface area contributed by atoms with Crippen molar-refractivity contribution in [2.75, 3.05) is 12.4 Å². The minimum Gasteiger partial charge on any atom is -0.363 e. The Hall–Kier alpha value is -1.17. The highest BCUT2D eigenvalue weighted by atomic mass is 32.1. The minimum absolute atomic E-state index is 0.109. The van der Waals surface area contributed by atoms with Crippen LogP contribution in [0, 0.1) is 10.8 Å². The number of carbonyl (C=O) groups excluding carboxylic acids is 1. The Balaban J connectivity index is 2.03. The molecule has 0 saturated heterocycles. The van der Waals surface area contributed by atoms with E-state index in [0.29, 0.717) is 10.1 Å². The van der Waals surface area contributed by atoms with E-state index in [1.807, 2.05) is 0 Å². The number of carbonyl (C=O) groups is 1. The summed E-state index contributed by atoms with van der Waals surface area (Å²) in [6.07, 6.45) is 3.22. The summed E-state index contributed by atoms with van der Waals surface area (Å²) in [4.78, 5) is 12.2. The predicted octanol–water partition coefficient (Wildman–Crippen LogP) is 2.91. The van der Waals surface area contributed by atoms with Crippen molar-refractivity contribution in [2.24, 2.45) is 10.8 Å². The lowest BCUT2D eigenvalue weighted by Gasteiger charge is -2.45. The molecule has 6 heteroatoms. The number of hydrogen-bond acceptors (Lipinski definition) is 5. The van der Waals surface area contributed by atoms with E-state index in [9.17, 15) is 4.79 Å². The second kappa shape index (κ2) is 5.31. The number of nitrogens with one attached hydrogen (secondary N) is 2. The first-order valence-electron chi connectivity index (χ1n) is 7.03. The van der Waals surface area contributed by atoms with E-state index < -0.39 is 0 Å². The Morgan fingerprint density at radius 2 is 1.80 bits per heavy atom. The van der Waals surface area contributed by atoms with Gasteiger partial charge in [-0.3, -0.25) is 4.79 Å². The molecular formula is C14H24N4OS. The first-order chi connectivity index (χ1) is 9.21. The van der Waals surface area contributed by atoms with Gasteiger partial charge in [0.25, 0.3) is 5.91 Å². The summed E-state index contributed by atoms with van der Waals surface area (Å²) < 4.78 is 0. The van der Waals surface area contributed by atoms with Crippen LogP contribution < -0.4 is 10.6 Å². The van der Waals surface area contributed by atoms with Gasteiger partial charge in [-0.2, -0.15) is 0 Å². The maximum Gasteiger partial charge on any atom is 0.282 e. The van der Waals surface area contributed by atoms with Crippen molar-refractivity contribution in [3.8, 4) is 0 Å². The zero-order chi connectivity index (χ0) is 15.0. The van der Waals surface area contributed by atoms with Crippen molar-refractivity contribution < 1.29 is 4.79 Å². The Morgan fingerprint density at radius 3 is 2.30 bits per heavy atom. The lowest BCUT2D eigenvalue weighted by Crippen LogP contribution is -2.46. The normalized spacial score (nSPS) is 21.4. The highest BCUT2D eigenvalue weighted by Crippen LogP contribution is 2.45. The summed E-state index contributed by atoms with van der Waals surface area (Å²) in [7, 11) is 1.77. The van der Waals surface area contributed by atoms with Gasteiger partial charge < -0.3 is 10.6 Å². The van der Waals surface area contributed by atoms with Gasteiger partial charge in [-0.1, -0.05) is 39.0 Å². The van der Waals surface area contributed by atoms with E-state index in [2.05, 4.69) is 48.5 Å². The Labute approximate surface area is 124 Å². The first kappa shape index (κ1) is 15.2. The van der Waals surface area contributed by atoms with Crippen LogP contribution in [-0.2, 0) is 0 Å². The summed E-state index contributed by atoms with van der Waals surface area (Å²) >= 11 is 1.28. The molecule has 0 bridgehead atoms. The van der Waals surface area contributed by atoms with Gasteiger partial charge in [-0.05, 0) is 30.1 Å². The SMILES string of the molecule is CNc1nnc(C(=O)NC2CC(C)(C)CC(C)(C)C2)s1. The smallest absolute Gasteiger partial charge is 0.282 e. The highest BCUT2D eigenvalue weighted by molar-refractivity contribution is 7.17. The molecule has 2 rings (SSSR count). The molecule has 1 heterocycles. The van der Waals surface area contributed by atoms with Gasteiger partial charge in [0.2, 0.25) is 10.1 Å². The second-order valence-corrected chi connectivity index (χ2v) is 8.22. The molecule has 20 heavy (non-hydrogen) atoms. The summed E-state index contributed by atoms with van der Waals surface area (Å²) in [5.74, 6) is -0.109. The minimum atomic E-state index is -0.109. The van der Waals surface area contributed by atoms with Crippen LogP contribution >= 0.6 is 11.3 Å². The van der Waals surface area contributed by atoms with Crippen LogP contribution in [0.15, 0.2) is 0 Å². The first-order valence-corrected chi connectivity index (χ1v) is 7.85. The third-order valence-electron chi connectivity index (χ3n) is 3.72. The van der Waals surface area contributed by atoms with Crippen LogP contribution in [0.5, 0.6) is 0 Å². The zero-order valence-electron chi connectivity index (χ0n) is 12.9. The molecule has 1 aromatic rings. The monoisotopic (exact) mass is 296 g/mol. The van der Waals surface area contributed by atoms with Crippen LogP contribution in [0.3, 0.4) is 0 Å². The standard InChI is InChI=1S/C14H24N4OS/c1-13(2)6-9(7-14(3,4)8-13)16-10(19)11-17-18-12(15-5)20-11/h9H,6-8H2,1-5H3,(H,15,18)(H,16,19). The van der Waals surface area contributed by atoms with E-state index in [-0.39, 0.29) is 22.8 Å². The number of aromatic nitrogens is 2. The fourth-order valence-electron chi connectivity index (χ4n) is 3.61. The molecule has 0 atom stereocenters. The van der Waals surface area contributed by atoms with Crippen LogP contribution in [0.1, 0.15) is 56.8 Å². The molecule has 0 aliphatic heterocycles. The quantitative estimate of drug-likeness (QED) is 0.900. The maximum atomic E-state index is 12.2. The van der Waals surface area contributed by atoms with Crippen LogP contribution in [-0.4, -0.2) is 29.2 Å². The molecule has 5 nitrogen and oxygen atoms in total. The summed E-state index contributed by atoms with van der Waals surface area (Å²) in [5, 5.41) is 14.9. The molecule has 1 aliphatic carbocycles.